The van der Waals surface area contributed by atoms with Crippen LogP contribution in [0, 0.1) is 0 Å². The summed E-state index contributed by atoms with van der Waals surface area (Å²) in [5.74, 6) is 0. The molecule has 0 aliphatic rings. The van der Waals surface area contributed by atoms with E-state index >= 15 is 0 Å². The highest BCUT2D eigenvalue weighted by Gasteiger charge is 2.30. The lowest BCUT2D eigenvalue weighted by atomic mass is 10.0. The molecule has 0 aliphatic carbocycles. The van der Waals surface area contributed by atoms with Crippen LogP contribution in [0.3, 0.4) is 0 Å². The quantitative estimate of drug-likeness (QED) is 0.267. The first kappa shape index (κ1) is 22.0. The fourth-order valence-electron chi connectivity index (χ4n) is 4.66. The van der Waals surface area contributed by atoms with Gasteiger partial charge < -0.3 is 9.88 Å². The van der Waals surface area contributed by atoms with Crippen molar-refractivity contribution < 1.29 is 13.2 Å². The van der Waals surface area contributed by atoms with Gasteiger partial charge in [-0.25, -0.2) is 0 Å². The monoisotopic (exact) mass is 478 g/mol. The van der Waals surface area contributed by atoms with Gasteiger partial charge in [-0.05, 0) is 77.9 Å². The summed E-state index contributed by atoms with van der Waals surface area (Å²) in [7, 11) is 0. The number of fused-ring (bicyclic) bond motifs is 3. The number of nitrogens with zero attached hydrogens (tertiary/aromatic N) is 1. The van der Waals surface area contributed by atoms with E-state index in [-0.39, 0.29) is 0 Å². The molecule has 0 amide bonds. The number of alkyl halides is 3. The molecule has 0 unspecified atom stereocenters. The molecular weight excluding hydrogens is 457 g/mol. The number of benzene rings is 5. The van der Waals surface area contributed by atoms with E-state index in [9.17, 15) is 13.2 Å². The molecule has 0 fully saturated rings. The molecule has 5 heteroatoms. The third-order valence-electron chi connectivity index (χ3n) is 6.41. The fourth-order valence-corrected chi connectivity index (χ4v) is 4.66. The molecule has 1 aromatic heterocycles. The predicted molar refractivity (Wildman–Crippen MR) is 141 cm³/mol. The number of aromatic nitrogens is 1. The number of halogens is 3. The maximum absolute atomic E-state index is 13.3. The number of rotatable bonds is 4. The number of anilines is 3. The van der Waals surface area contributed by atoms with Crippen LogP contribution in [0.25, 0.3) is 32.9 Å². The van der Waals surface area contributed by atoms with Crippen molar-refractivity contribution in [3.63, 3.8) is 0 Å². The first-order valence-corrected chi connectivity index (χ1v) is 11.6. The zero-order chi connectivity index (χ0) is 24.7. The molecule has 36 heavy (non-hydrogen) atoms. The molecule has 0 saturated heterocycles. The Balaban J connectivity index is 1.41. The highest BCUT2D eigenvalue weighted by Crippen LogP contribution is 2.37. The Morgan fingerprint density at radius 2 is 1.00 bits per heavy atom. The van der Waals surface area contributed by atoms with Crippen LogP contribution in [-0.4, -0.2) is 4.98 Å². The van der Waals surface area contributed by atoms with E-state index in [0.29, 0.717) is 10.9 Å². The Hall–Kier alpha value is -4.51. The second kappa shape index (κ2) is 8.61. The summed E-state index contributed by atoms with van der Waals surface area (Å²) < 4.78 is 39.9. The SMILES string of the molecule is FC(F)(F)c1ccc2[nH]c3ccc(-c4ccc(N(c5ccccc5)c5ccccc5)cc4)cc3c2c1. The zero-order valence-electron chi connectivity index (χ0n) is 19.1. The van der Waals surface area contributed by atoms with E-state index in [2.05, 4.69) is 46.3 Å². The molecule has 0 aliphatic heterocycles. The second-order valence-electron chi connectivity index (χ2n) is 8.70. The van der Waals surface area contributed by atoms with Crippen molar-refractivity contribution in [1.29, 1.82) is 0 Å². The molecule has 1 N–H and O–H groups in total. The first-order valence-electron chi connectivity index (χ1n) is 11.6. The summed E-state index contributed by atoms with van der Waals surface area (Å²) in [6.45, 7) is 0. The van der Waals surface area contributed by atoms with Gasteiger partial charge in [0, 0.05) is 38.9 Å². The molecule has 176 valence electrons. The third kappa shape index (κ3) is 3.99. The minimum Gasteiger partial charge on any atom is -0.355 e. The van der Waals surface area contributed by atoms with Gasteiger partial charge in [0.2, 0.25) is 0 Å². The highest BCUT2D eigenvalue weighted by molar-refractivity contribution is 6.08. The number of aromatic amines is 1. The van der Waals surface area contributed by atoms with Gasteiger partial charge in [-0.1, -0.05) is 54.6 Å². The Morgan fingerprint density at radius 3 is 1.58 bits per heavy atom. The van der Waals surface area contributed by atoms with Gasteiger partial charge in [0.1, 0.15) is 0 Å². The van der Waals surface area contributed by atoms with Gasteiger partial charge >= 0.3 is 6.18 Å². The maximum atomic E-state index is 13.3. The van der Waals surface area contributed by atoms with Crippen LogP contribution in [0.15, 0.2) is 121 Å². The van der Waals surface area contributed by atoms with E-state index < -0.39 is 11.7 Å². The van der Waals surface area contributed by atoms with Crippen LogP contribution >= 0.6 is 0 Å². The summed E-state index contributed by atoms with van der Waals surface area (Å²) >= 11 is 0. The van der Waals surface area contributed by atoms with E-state index in [1.165, 1.54) is 12.1 Å². The summed E-state index contributed by atoms with van der Waals surface area (Å²) in [6, 6.07) is 38.2. The molecule has 2 nitrogen and oxygen atoms in total. The zero-order valence-corrected chi connectivity index (χ0v) is 19.1. The maximum Gasteiger partial charge on any atom is 0.416 e. The summed E-state index contributed by atoms with van der Waals surface area (Å²) in [5.41, 5.74) is 5.90. The summed E-state index contributed by atoms with van der Waals surface area (Å²) in [6.07, 6.45) is -4.38. The van der Waals surface area contributed by atoms with Gasteiger partial charge in [0.25, 0.3) is 0 Å². The average Bonchev–Trinajstić information content (AvgIpc) is 3.27. The highest BCUT2D eigenvalue weighted by atomic mass is 19.4. The number of hydrogen-bond acceptors (Lipinski definition) is 1. The van der Waals surface area contributed by atoms with Crippen molar-refractivity contribution in [2.75, 3.05) is 4.90 Å². The number of para-hydroxylation sites is 2. The topological polar surface area (TPSA) is 19.0 Å². The molecule has 0 atom stereocenters. The van der Waals surface area contributed by atoms with Gasteiger partial charge in [-0.15, -0.1) is 0 Å². The van der Waals surface area contributed by atoms with E-state index in [1.54, 1.807) is 0 Å². The third-order valence-corrected chi connectivity index (χ3v) is 6.41. The van der Waals surface area contributed by atoms with Crippen molar-refractivity contribution in [2.24, 2.45) is 0 Å². The molecule has 1 heterocycles. The van der Waals surface area contributed by atoms with Crippen molar-refractivity contribution in [3.8, 4) is 11.1 Å². The summed E-state index contributed by atoms with van der Waals surface area (Å²) in [5, 5.41) is 1.34. The minimum absolute atomic E-state index is 0.567. The second-order valence-corrected chi connectivity index (χ2v) is 8.70. The largest absolute Gasteiger partial charge is 0.416 e. The average molecular weight is 479 g/mol. The molecule has 0 saturated carbocycles. The van der Waals surface area contributed by atoms with Crippen molar-refractivity contribution >= 4 is 38.9 Å². The number of nitrogens with one attached hydrogen (secondary N) is 1. The van der Waals surface area contributed by atoms with Crippen LogP contribution in [0.4, 0.5) is 30.2 Å². The molecule has 6 rings (SSSR count). The van der Waals surface area contributed by atoms with Gasteiger partial charge in [-0.3, -0.25) is 0 Å². The normalized spacial score (nSPS) is 11.8. The van der Waals surface area contributed by atoms with Crippen LogP contribution in [0.1, 0.15) is 5.56 Å². The van der Waals surface area contributed by atoms with Gasteiger partial charge in [0.05, 0.1) is 5.56 Å². The first-order chi connectivity index (χ1) is 17.5. The van der Waals surface area contributed by atoms with Gasteiger partial charge in [-0.2, -0.15) is 13.2 Å². The molecule has 0 bridgehead atoms. The van der Waals surface area contributed by atoms with Crippen molar-refractivity contribution in [2.45, 2.75) is 6.18 Å². The number of hydrogen-bond donors (Lipinski definition) is 1. The predicted octanol–water partition coefficient (Wildman–Crippen LogP) is 9.48. The van der Waals surface area contributed by atoms with E-state index in [1.807, 2.05) is 66.7 Å². The smallest absolute Gasteiger partial charge is 0.355 e. The standard InChI is InChI=1S/C31H21F3N2/c32-31(33,34)23-14-18-30-28(20-23)27-19-22(13-17-29(27)35-30)21-11-15-26(16-12-21)36(24-7-3-1-4-8-24)25-9-5-2-6-10-25/h1-20,35H. The fraction of sp³-hybridized carbons (Fsp3) is 0.0323. The van der Waals surface area contributed by atoms with E-state index in [0.717, 1.165) is 45.2 Å². The Bertz CT molecular complexity index is 1610. The molecular formula is C31H21F3N2. The molecule has 0 spiro atoms. The molecule has 0 radical (unpaired) electrons. The lowest BCUT2D eigenvalue weighted by Gasteiger charge is -2.25. The lowest BCUT2D eigenvalue weighted by Crippen LogP contribution is -2.09. The molecule has 5 aromatic carbocycles. The Morgan fingerprint density at radius 1 is 0.500 bits per heavy atom. The Kier molecular flexibility index (Phi) is 5.26. The minimum atomic E-state index is -4.38. The Labute approximate surface area is 206 Å². The summed E-state index contributed by atoms with van der Waals surface area (Å²) in [4.78, 5) is 5.41. The van der Waals surface area contributed by atoms with Crippen LogP contribution in [0.2, 0.25) is 0 Å². The van der Waals surface area contributed by atoms with E-state index in [4.69, 9.17) is 0 Å². The van der Waals surface area contributed by atoms with Crippen LogP contribution in [-0.2, 0) is 6.18 Å². The van der Waals surface area contributed by atoms with Crippen LogP contribution < -0.4 is 4.90 Å². The number of H-pyrrole nitrogens is 1. The van der Waals surface area contributed by atoms with Gasteiger partial charge in [0.15, 0.2) is 0 Å². The van der Waals surface area contributed by atoms with Crippen molar-refractivity contribution in [3.05, 3.63) is 127 Å². The van der Waals surface area contributed by atoms with Crippen LogP contribution in [0.5, 0.6) is 0 Å². The molecule has 6 aromatic rings. The van der Waals surface area contributed by atoms with Crippen molar-refractivity contribution in [1.82, 2.24) is 4.98 Å². The lowest BCUT2D eigenvalue weighted by molar-refractivity contribution is -0.137.